The summed E-state index contributed by atoms with van der Waals surface area (Å²) < 4.78 is 16.2. The first kappa shape index (κ1) is 22.7. The van der Waals surface area contributed by atoms with Gasteiger partial charge in [0.05, 0.1) is 19.8 Å². The molecule has 1 aliphatic heterocycles. The molecule has 0 saturated carbocycles. The minimum Gasteiger partial charge on any atom is -0.382 e. The topological polar surface area (TPSA) is 64.1 Å². The quantitative estimate of drug-likeness (QED) is 0.345. The fourth-order valence-electron chi connectivity index (χ4n) is 3.64. The van der Waals surface area contributed by atoms with Crippen LogP contribution in [0.5, 0.6) is 0 Å². The van der Waals surface area contributed by atoms with Gasteiger partial charge in [0.2, 0.25) is 0 Å². The molecule has 0 spiro atoms. The number of rotatable bonds is 11. The SMILES string of the molecule is CCNC(=NCC1(c2ccccc2C)CCOCC1)NCCCOCCOC. The van der Waals surface area contributed by atoms with Crippen LogP contribution >= 0.6 is 0 Å². The van der Waals surface area contributed by atoms with E-state index in [0.717, 1.165) is 64.7 Å². The Morgan fingerprint density at radius 1 is 1.14 bits per heavy atom. The van der Waals surface area contributed by atoms with E-state index in [4.69, 9.17) is 19.2 Å². The van der Waals surface area contributed by atoms with Gasteiger partial charge in [0.25, 0.3) is 0 Å². The normalized spacial score (nSPS) is 16.8. The van der Waals surface area contributed by atoms with Crippen LogP contribution in [-0.4, -0.2) is 65.7 Å². The molecule has 0 unspecified atom stereocenters. The smallest absolute Gasteiger partial charge is 0.191 e. The van der Waals surface area contributed by atoms with Crippen molar-refractivity contribution in [2.24, 2.45) is 4.99 Å². The molecule has 2 rings (SSSR count). The molecule has 28 heavy (non-hydrogen) atoms. The highest BCUT2D eigenvalue weighted by atomic mass is 16.5. The van der Waals surface area contributed by atoms with Gasteiger partial charge in [-0.3, -0.25) is 4.99 Å². The van der Waals surface area contributed by atoms with Crippen molar-refractivity contribution in [3.63, 3.8) is 0 Å². The van der Waals surface area contributed by atoms with Gasteiger partial charge in [0, 0.05) is 45.4 Å². The van der Waals surface area contributed by atoms with Gasteiger partial charge in [0.1, 0.15) is 0 Å². The predicted octanol–water partition coefficient (Wildman–Crippen LogP) is 2.65. The highest BCUT2D eigenvalue weighted by molar-refractivity contribution is 5.79. The zero-order valence-electron chi connectivity index (χ0n) is 17.8. The summed E-state index contributed by atoms with van der Waals surface area (Å²) in [5.41, 5.74) is 2.80. The Hall–Kier alpha value is -1.63. The Morgan fingerprint density at radius 2 is 1.93 bits per heavy atom. The van der Waals surface area contributed by atoms with Crippen molar-refractivity contribution in [2.45, 2.75) is 38.5 Å². The molecule has 0 bridgehead atoms. The van der Waals surface area contributed by atoms with Gasteiger partial charge in [-0.25, -0.2) is 0 Å². The van der Waals surface area contributed by atoms with Gasteiger partial charge in [-0.05, 0) is 44.2 Å². The Balaban J connectivity index is 1.96. The first-order valence-corrected chi connectivity index (χ1v) is 10.4. The Kier molecular flexibility index (Phi) is 10.3. The lowest BCUT2D eigenvalue weighted by atomic mass is 9.72. The maximum absolute atomic E-state index is 5.66. The molecule has 1 fully saturated rings. The maximum atomic E-state index is 5.66. The second-order valence-corrected chi connectivity index (χ2v) is 7.29. The van der Waals surface area contributed by atoms with E-state index in [-0.39, 0.29) is 5.41 Å². The van der Waals surface area contributed by atoms with Gasteiger partial charge < -0.3 is 24.8 Å². The zero-order chi connectivity index (χ0) is 20.1. The monoisotopic (exact) mass is 391 g/mol. The number of guanidine groups is 1. The number of aryl methyl sites for hydroxylation is 1. The van der Waals surface area contributed by atoms with E-state index in [1.165, 1.54) is 11.1 Å². The van der Waals surface area contributed by atoms with Gasteiger partial charge in [-0.1, -0.05) is 24.3 Å². The summed E-state index contributed by atoms with van der Waals surface area (Å²) in [4.78, 5) is 4.95. The maximum Gasteiger partial charge on any atom is 0.191 e. The van der Waals surface area contributed by atoms with E-state index in [1.54, 1.807) is 7.11 Å². The summed E-state index contributed by atoms with van der Waals surface area (Å²) in [6, 6.07) is 8.70. The van der Waals surface area contributed by atoms with Gasteiger partial charge in [-0.15, -0.1) is 0 Å². The molecule has 1 saturated heterocycles. The van der Waals surface area contributed by atoms with Crippen LogP contribution in [0.25, 0.3) is 0 Å². The third kappa shape index (κ3) is 7.08. The Bertz CT molecular complexity index is 586. The van der Waals surface area contributed by atoms with Crippen LogP contribution in [0.2, 0.25) is 0 Å². The molecule has 1 heterocycles. The average Bonchev–Trinajstić information content (AvgIpc) is 2.72. The number of nitrogens with one attached hydrogen (secondary N) is 2. The summed E-state index contributed by atoms with van der Waals surface area (Å²) in [7, 11) is 1.69. The third-order valence-electron chi connectivity index (χ3n) is 5.24. The van der Waals surface area contributed by atoms with Crippen molar-refractivity contribution >= 4 is 5.96 Å². The van der Waals surface area contributed by atoms with E-state index in [2.05, 4.69) is 48.7 Å². The van der Waals surface area contributed by atoms with Crippen LogP contribution in [0.3, 0.4) is 0 Å². The molecule has 6 nitrogen and oxygen atoms in total. The molecule has 0 aliphatic carbocycles. The summed E-state index contributed by atoms with van der Waals surface area (Å²) in [6.45, 7) is 10.3. The van der Waals surface area contributed by atoms with Crippen molar-refractivity contribution in [1.29, 1.82) is 0 Å². The highest BCUT2D eigenvalue weighted by Crippen LogP contribution is 2.36. The molecular formula is C22H37N3O3. The van der Waals surface area contributed by atoms with E-state index < -0.39 is 0 Å². The summed E-state index contributed by atoms with van der Waals surface area (Å²) in [5, 5.41) is 6.79. The molecular weight excluding hydrogens is 354 g/mol. The van der Waals surface area contributed by atoms with E-state index in [9.17, 15) is 0 Å². The minimum atomic E-state index is 0.0508. The predicted molar refractivity (Wildman–Crippen MR) is 114 cm³/mol. The van der Waals surface area contributed by atoms with E-state index in [1.807, 2.05) is 0 Å². The number of methoxy groups -OCH3 is 1. The van der Waals surface area contributed by atoms with E-state index >= 15 is 0 Å². The average molecular weight is 392 g/mol. The Morgan fingerprint density at radius 3 is 2.64 bits per heavy atom. The van der Waals surface area contributed by atoms with Gasteiger partial charge in [-0.2, -0.15) is 0 Å². The second kappa shape index (κ2) is 12.8. The standard InChI is InChI=1S/C22H37N3O3/c1-4-23-21(24-12-7-13-27-17-16-26-3)25-18-22(10-14-28-15-11-22)20-9-6-5-8-19(20)2/h5-6,8-9H,4,7,10-18H2,1-3H3,(H2,23,24,25). The molecule has 0 amide bonds. The first-order valence-electron chi connectivity index (χ1n) is 10.4. The van der Waals surface area contributed by atoms with Gasteiger partial charge in [0.15, 0.2) is 5.96 Å². The molecule has 0 aromatic heterocycles. The van der Waals surface area contributed by atoms with Crippen LogP contribution in [-0.2, 0) is 19.6 Å². The largest absolute Gasteiger partial charge is 0.382 e. The zero-order valence-corrected chi connectivity index (χ0v) is 17.8. The van der Waals surface area contributed by atoms with Crippen molar-refractivity contribution in [1.82, 2.24) is 10.6 Å². The number of hydrogen-bond acceptors (Lipinski definition) is 4. The highest BCUT2D eigenvalue weighted by Gasteiger charge is 2.35. The van der Waals surface area contributed by atoms with Crippen LogP contribution in [0.1, 0.15) is 37.3 Å². The molecule has 6 heteroatoms. The number of benzene rings is 1. The number of hydrogen-bond donors (Lipinski definition) is 2. The second-order valence-electron chi connectivity index (χ2n) is 7.29. The van der Waals surface area contributed by atoms with Crippen LogP contribution < -0.4 is 10.6 Å². The van der Waals surface area contributed by atoms with Crippen molar-refractivity contribution in [2.75, 3.05) is 59.8 Å². The van der Waals surface area contributed by atoms with Gasteiger partial charge >= 0.3 is 0 Å². The van der Waals surface area contributed by atoms with Crippen LogP contribution in [0.4, 0.5) is 0 Å². The lowest BCUT2D eigenvalue weighted by molar-refractivity contribution is 0.0529. The number of ether oxygens (including phenoxy) is 3. The van der Waals surface area contributed by atoms with Crippen LogP contribution in [0, 0.1) is 6.92 Å². The molecule has 1 aliphatic rings. The van der Waals surface area contributed by atoms with Crippen molar-refractivity contribution in [3.05, 3.63) is 35.4 Å². The fraction of sp³-hybridized carbons (Fsp3) is 0.682. The first-order chi connectivity index (χ1) is 13.7. The molecule has 1 aromatic carbocycles. The lowest BCUT2D eigenvalue weighted by Crippen LogP contribution is -2.42. The molecule has 2 N–H and O–H groups in total. The molecule has 0 radical (unpaired) electrons. The lowest BCUT2D eigenvalue weighted by Gasteiger charge is -2.37. The van der Waals surface area contributed by atoms with E-state index in [0.29, 0.717) is 13.2 Å². The van der Waals surface area contributed by atoms with Crippen molar-refractivity contribution < 1.29 is 14.2 Å². The summed E-state index contributed by atoms with van der Waals surface area (Å²) in [5.74, 6) is 0.874. The van der Waals surface area contributed by atoms with Crippen LogP contribution in [0.15, 0.2) is 29.3 Å². The number of aliphatic imine (C=N–C) groups is 1. The Labute approximate surface area is 170 Å². The molecule has 158 valence electrons. The summed E-state index contributed by atoms with van der Waals surface area (Å²) in [6.07, 6.45) is 2.95. The minimum absolute atomic E-state index is 0.0508. The third-order valence-corrected chi connectivity index (χ3v) is 5.24. The molecule has 0 atom stereocenters. The number of nitrogens with zero attached hydrogens (tertiary/aromatic N) is 1. The molecule has 1 aromatic rings. The van der Waals surface area contributed by atoms with Crippen molar-refractivity contribution in [3.8, 4) is 0 Å². The fourth-order valence-corrected chi connectivity index (χ4v) is 3.64. The summed E-state index contributed by atoms with van der Waals surface area (Å²) >= 11 is 0.